The summed E-state index contributed by atoms with van der Waals surface area (Å²) in [6.07, 6.45) is 0. The van der Waals surface area contributed by atoms with E-state index in [-0.39, 0.29) is 13.2 Å². The number of hydrogen-bond donors (Lipinski definition) is 0. The maximum absolute atomic E-state index is 12.0. The Bertz CT molecular complexity index is 541. The van der Waals surface area contributed by atoms with Gasteiger partial charge in [0.15, 0.2) is 0 Å². The Morgan fingerprint density at radius 3 is 2.11 bits per heavy atom. The molecule has 0 bridgehead atoms. The molecule has 2 aromatic carbocycles. The third-order valence-electron chi connectivity index (χ3n) is 3.06. The summed E-state index contributed by atoms with van der Waals surface area (Å²) >= 11 is 0. The Kier molecular flexibility index (Phi) is 3.06. The molecule has 0 aromatic heterocycles. The van der Waals surface area contributed by atoms with E-state index in [9.17, 15) is 4.89 Å². The molecule has 1 aliphatic heterocycles. The number of phosphoric ester groups is 1. The zero-order valence-corrected chi connectivity index (χ0v) is 10.9. The van der Waals surface area contributed by atoms with Crippen LogP contribution in [0.2, 0.25) is 0 Å². The van der Waals surface area contributed by atoms with Crippen LogP contribution in [-0.4, -0.2) is 7.11 Å². The van der Waals surface area contributed by atoms with E-state index in [1.807, 2.05) is 36.4 Å². The normalized spacial score (nSPS) is 18.3. The molecule has 2 aromatic rings. The van der Waals surface area contributed by atoms with E-state index in [1.54, 1.807) is 0 Å². The molecule has 94 valence electrons. The van der Waals surface area contributed by atoms with Gasteiger partial charge in [-0.2, -0.15) is 13.6 Å². The van der Waals surface area contributed by atoms with E-state index in [0.29, 0.717) is 0 Å². The summed E-state index contributed by atoms with van der Waals surface area (Å²) in [5.41, 5.74) is 2.01. The smallest absolute Gasteiger partial charge is 0.379 e. The molecule has 0 atom stereocenters. The first-order valence-corrected chi connectivity index (χ1v) is 7.12. The van der Waals surface area contributed by atoms with Crippen LogP contribution in [0.15, 0.2) is 36.4 Å². The fourth-order valence-corrected chi connectivity index (χ4v) is 3.06. The Balaban J connectivity index is 2.13. The van der Waals surface area contributed by atoms with Crippen LogP contribution in [0.25, 0.3) is 10.8 Å². The van der Waals surface area contributed by atoms with Crippen molar-refractivity contribution in [1.82, 2.24) is 0 Å². The second kappa shape index (κ2) is 4.57. The Morgan fingerprint density at radius 2 is 1.61 bits per heavy atom. The lowest BCUT2D eigenvalue weighted by Gasteiger charge is -2.26. The van der Waals surface area contributed by atoms with Gasteiger partial charge < -0.3 is 4.89 Å². The summed E-state index contributed by atoms with van der Waals surface area (Å²) in [4.78, 5) is 12.0. The highest BCUT2D eigenvalue weighted by atomic mass is 31.2. The van der Waals surface area contributed by atoms with Crippen LogP contribution < -0.4 is 4.89 Å². The molecule has 4 nitrogen and oxygen atoms in total. The second-order valence-corrected chi connectivity index (χ2v) is 5.89. The van der Waals surface area contributed by atoms with E-state index in [0.717, 1.165) is 21.9 Å². The molecular weight excluding hydrogens is 251 g/mol. The van der Waals surface area contributed by atoms with Gasteiger partial charge in [-0.3, -0.25) is 0 Å². The minimum atomic E-state index is -3.43. The average Bonchev–Trinajstić information content (AvgIpc) is 2.41. The Hall–Kier alpha value is -1.03. The predicted molar refractivity (Wildman–Crippen MR) is 67.5 cm³/mol. The maximum Gasteiger partial charge on any atom is 0.379 e. The van der Waals surface area contributed by atoms with Crippen LogP contribution in [0.5, 0.6) is 0 Å². The van der Waals surface area contributed by atoms with Crippen molar-refractivity contribution in [3.05, 3.63) is 47.5 Å². The van der Waals surface area contributed by atoms with Crippen LogP contribution >= 0.6 is 8.17 Å². The van der Waals surface area contributed by atoms with E-state index in [2.05, 4.69) is 0 Å². The molecule has 5 heteroatoms. The minimum Gasteiger partial charge on any atom is -0.606 e. The number of benzene rings is 2. The van der Waals surface area contributed by atoms with Crippen LogP contribution in [0, 0.1) is 0 Å². The van der Waals surface area contributed by atoms with Gasteiger partial charge >= 0.3 is 8.17 Å². The van der Waals surface area contributed by atoms with Gasteiger partial charge in [0.25, 0.3) is 0 Å². The van der Waals surface area contributed by atoms with Crippen molar-refractivity contribution in [3.63, 3.8) is 0 Å². The van der Waals surface area contributed by atoms with Crippen molar-refractivity contribution in [3.8, 4) is 0 Å². The van der Waals surface area contributed by atoms with E-state index < -0.39 is 8.17 Å². The van der Waals surface area contributed by atoms with Crippen molar-refractivity contribution < 1.29 is 18.5 Å². The summed E-state index contributed by atoms with van der Waals surface area (Å²) in [5, 5.41) is 2.24. The van der Waals surface area contributed by atoms with Gasteiger partial charge in [0.05, 0.1) is 7.11 Å². The Morgan fingerprint density at radius 1 is 1.06 bits per heavy atom. The van der Waals surface area contributed by atoms with Gasteiger partial charge in [-0.1, -0.05) is 36.4 Å². The molecule has 3 rings (SSSR count). The van der Waals surface area contributed by atoms with Crippen LogP contribution in [0.4, 0.5) is 0 Å². The number of rotatable bonds is 1. The van der Waals surface area contributed by atoms with Crippen LogP contribution in [0.1, 0.15) is 11.1 Å². The van der Waals surface area contributed by atoms with Crippen molar-refractivity contribution in [2.75, 3.05) is 7.11 Å². The van der Waals surface area contributed by atoms with E-state index >= 15 is 0 Å². The lowest BCUT2D eigenvalue weighted by molar-refractivity contribution is -0.249. The van der Waals surface area contributed by atoms with E-state index in [1.165, 1.54) is 7.11 Å². The summed E-state index contributed by atoms with van der Waals surface area (Å²) in [6.45, 7) is 0.443. The zero-order valence-electron chi connectivity index (χ0n) is 9.96. The van der Waals surface area contributed by atoms with Crippen LogP contribution in [-0.2, 0) is 26.8 Å². The third-order valence-corrected chi connectivity index (χ3v) is 4.40. The highest BCUT2D eigenvalue weighted by Crippen LogP contribution is 2.55. The lowest BCUT2D eigenvalue weighted by Crippen LogP contribution is -2.19. The molecular formula is C13H13O4P. The van der Waals surface area contributed by atoms with Gasteiger partial charge in [-0.25, -0.2) is 0 Å². The van der Waals surface area contributed by atoms with Crippen molar-refractivity contribution in [2.45, 2.75) is 13.2 Å². The first-order chi connectivity index (χ1) is 8.72. The largest absolute Gasteiger partial charge is 0.606 e. The van der Waals surface area contributed by atoms with Gasteiger partial charge in [0.1, 0.15) is 13.2 Å². The first kappa shape index (κ1) is 12.0. The summed E-state index contributed by atoms with van der Waals surface area (Å²) in [5.74, 6) is 0. The SMILES string of the molecule is CO[P+]1([O-])OCc2cccc3cccc(c23)CO1. The molecule has 0 fully saturated rings. The van der Waals surface area contributed by atoms with Crippen molar-refractivity contribution >= 4 is 18.9 Å². The molecule has 0 N–H and O–H groups in total. The summed E-state index contributed by atoms with van der Waals surface area (Å²) in [6, 6.07) is 11.9. The standard InChI is InChI=1S/C13H13O4P/c1-15-18(14)16-8-11-6-2-4-10-5-3-7-12(9-17-18)13(10)11/h2-7H,8-9H2,1H3. The maximum atomic E-state index is 12.0. The molecule has 0 amide bonds. The molecule has 0 saturated carbocycles. The quantitative estimate of drug-likeness (QED) is 0.743. The van der Waals surface area contributed by atoms with Crippen molar-refractivity contribution in [2.24, 2.45) is 0 Å². The molecule has 0 radical (unpaired) electrons. The van der Waals surface area contributed by atoms with E-state index in [4.69, 9.17) is 13.6 Å². The van der Waals surface area contributed by atoms with Crippen molar-refractivity contribution in [1.29, 1.82) is 0 Å². The molecule has 0 saturated heterocycles. The highest BCUT2D eigenvalue weighted by Gasteiger charge is 2.33. The number of hydrogen-bond acceptors (Lipinski definition) is 4. The van der Waals surface area contributed by atoms with Gasteiger partial charge in [0.2, 0.25) is 0 Å². The van der Waals surface area contributed by atoms with Gasteiger partial charge in [-0.05, 0) is 21.9 Å². The van der Waals surface area contributed by atoms with Gasteiger partial charge in [-0.15, -0.1) is 0 Å². The highest BCUT2D eigenvalue weighted by molar-refractivity contribution is 7.53. The summed E-state index contributed by atoms with van der Waals surface area (Å²) < 4.78 is 15.4. The second-order valence-electron chi connectivity index (χ2n) is 4.11. The molecule has 0 unspecified atom stereocenters. The lowest BCUT2D eigenvalue weighted by atomic mass is 10.00. The molecule has 1 heterocycles. The fourth-order valence-electron chi connectivity index (χ4n) is 2.18. The monoisotopic (exact) mass is 264 g/mol. The van der Waals surface area contributed by atoms with Gasteiger partial charge in [0, 0.05) is 0 Å². The molecule has 0 spiro atoms. The fraction of sp³-hybridized carbons (Fsp3) is 0.231. The third kappa shape index (κ3) is 2.03. The molecule has 1 aliphatic rings. The summed E-state index contributed by atoms with van der Waals surface area (Å²) in [7, 11) is -2.10. The van der Waals surface area contributed by atoms with Crippen LogP contribution in [0.3, 0.4) is 0 Å². The molecule has 18 heavy (non-hydrogen) atoms. The Labute approximate surface area is 106 Å². The average molecular weight is 264 g/mol. The zero-order chi connectivity index (χ0) is 12.6. The minimum absolute atomic E-state index is 0.222. The number of phosphoric acid groups is 1. The predicted octanol–water partition coefficient (Wildman–Crippen LogP) is 2.57. The topological polar surface area (TPSA) is 50.8 Å². The molecule has 0 aliphatic carbocycles. The first-order valence-electron chi connectivity index (χ1n) is 5.66.